The van der Waals surface area contributed by atoms with E-state index in [0.29, 0.717) is 18.4 Å². The van der Waals surface area contributed by atoms with Gasteiger partial charge in [-0.05, 0) is 30.7 Å². The summed E-state index contributed by atoms with van der Waals surface area (Å²) in [5.41, 5.74) is 1.98. The fourth-order valence-electron chi connectivity index (χ4n) is 4.99. The third kappa shape index (κ3) is 4.58. The van der Waals surface area contributed by atoms with Crippen LogP contribution >= 0.6 is 0 Å². The van der Waals surface area contributed by atoms with Gasteiger partial charge in [-0.2, -0.15) is 0 Å². The van der Waals surface area contributed by atoms with Gasteiger partial charge < -0.3 is 14.2 Å². The standard InChI is InChI=1S/C23H32N4O3/c1-28-16-20-15-27(25-24-20)21-11-18-13-26(14-19(18)12-23(21)30-3)10-6-8-17-7-4-5-9-22(17)29-2/h4-9,15,18-19,21,23H,10-14,16H2,1-3H3/b8-6+/t18-,19+,21-,23-/m1/s1. The number of nitrogens with zero attached hydrogens (tertiary/aromatic N) is 4. The summed E-state index contributed by atoms with van der Waals surface area (Å²) in [4.78, 5) is 2.55. The van der Waals surface area contributed by atoms with Gasteiger partial charge in [-0.3, -0.25) is 4.90 Å². The van der Waals surface area contributed by atoms with E-state index in [1.165, 1.54) is 0 Å². The average Bonchev–Trinajstić information content (AvgIpc) is 3.39. The fourth-order valence-corrected chi connectivity index (χ4v) is 4.99. The van der Waals surface area contributed by atoms with Crippen LogP contribution in [0.1, 0.15) is 30.1 Å². The summed E-state index contributed by atoms with van der Waals surface area (Å²) in [6.45, 7) is 3.69. The Hall–Kier alpha value is -2.22. The average molecular weight is 413 g/mol. The maximum atomic E-state index is 5.87. The van der Waals surface area contributed by atoms with Crippen molar-refractivity contribution in [3.05, 3.63) is 47.8 Å². The van der Waals surface area contributed by atoms with E-state index in [9.17, 15) is 0 Å². The summed E-state index contributed by atoms with van der Waals surface area (Å²) in [7, 11) is 5.21. The van der Waals surface area contributed by atoms with Crippen LogP contribution in [0.5, 0.6) is 5.75 Å². The summed E-state index contributed by atoms with van der Waals surface area (Å²) in [6, 6.07) is 8.36. The molecular formula is C23H32N4O3. The zero-order valence-corrected chi connectivity index (χ0v) is 18.1. The Bertz CT molecular complexity index is 852. The van der Waals surface area contributed by atoms with Crippen molar-refractivity contribution in [1.82, 2.24) is 19.9 Å². The van der Waals surface area contributed by atoms with Crippen molar-refractivity contribution in [1.29, 1.82) is 0 Å². The summed E-state index contributed by atoms with van der Waals surface area (Å²) in [5.74, 6) is 2.25. The molecule has 0 amide bonds. The number of hydrogen-bond acceptors (Lipinski definition) is 6. The van der Waals surface area contributed by atoms with Crippen molar-refractivity contribution < 1.29 is 14.2 Å². The van der Waals surface area contributed by atoms with E-state index in [1.54, 1.807) is 14.2 Å². The number of likely N-dealkylation sites (tertiary alicyclic amines) is 1. The van der Waals surface area contributed by atoms with E-state index in [1.807, 2.05) is 36.2 Å². The molecule has 0 bridgehead atoms. The van der Waals surface area contributed by atoms with E-state index in [0.717, 1.165) is 49.5 Å². The molecule has 0 spiro atoms. The first kappa shape index (κ1) is 21.0. The molecule has 2 aromatic rings. The van der Waals surface area contributed by atoms with Crippen LogP contribution in [0.15, 0.2) is 36.5 Å². The van der Waals surface area contributed by atoms with Crippen LogP contribution in [0.4, 0.5) is 0 Å². The number of hydrogen-bond donors (Lipinski definition) is 0. The number of benzene rings is 1. The van der Waals surface area contributed by atoms with E-state index in [2.05, 4.69) is 33.4 Å². The van der Waals surface area contributed by atoms with Crippen molar-refractivity contribution in [2.45, 2.75) is 31.6 Å². The van der Waals surface area contributed by atoms with Crippen molar-refractivity contribution in [2.75, 3.05) is 41.0 Å². The SMILES string of the molecule is COCc1cn([C@@H]2C[C@@H]3CN(C/C=C/c4ccccc4OC)C[C@@H]3C[C@H]2OC)nn1. The van der Waals surface area contributed by atoms with Gasteiger partial charge in [0.15, 0.2) is 0 Å². The second-order valence-electron chi connectivity index (χ2n) is 8.32. The third-order valence-corrected chi connectivity index (χ3v) is 6.45. The van der Waals surface area contributed by atoms with Crippen LogP contribution < -0.4 is 4.74 Å². The zero-order chi connectivity index (χ0) is 20.9. The molecule has 1 aliphatic heterocycles. The predicted molar refractivity (Wildman–Crippen MR) is 115 cm³/mol. The Balaban J connectivity index is 1.38. The lowest BCUT2D eigenvalue weighted by atomic mass is 9.77. The van der Waals surface area contributed by atoms with Crippen molar-refractivity contribution in [3.8, 4) is 5.75 Å². The van der Waals surface area contributed by atoms with Crippen LogP contribution in [0.2, 0.25) is 0 Å². The van der Waals surface area contributed by atoms with Crippen LogP contribution in [0, 0.1) is 11.8 Å². The lowest BCUT2D eigenvalue weighted by molar-refractivity contribution is -0.00547. The van der Waals surface area contributed by atoms with E-state index >= 15 is 0 Å². The Labute approximate surface area is 178 Å². The minimum Gasteiger partial charge on any atom is -0.496 e. The molecule has 1 saturated carbocycles. The Morgan fingerprint density at radius 1 is 1.10 bits per heavy atom. The predicted octanol–water partition coefficient (Wildman–Crippen LogP) is 3.04. The lowest BCUT2D eigenvalue weighted by Crippen LogP contribution is -2.37. The quantitative estimate of drug-likeness (QED) is 0.664. The van der Waals surface area contributed by atoms with E-state index in [4.69, 9.17) is 14.2 Å². The molecule has 0 radical (unpaired) electrons. The zero-order valence-electron chi connectivity index (χ0n) is 18.1. The van der Waals surface area contributed by atoms with Gasteiger partial charge in [-0.15, -0.1) is 5.10 Å². The van der Waals surface area contributed by atoms with Crippen LogP contribution in [-0.2, 0) is 16.1 Å². The van der Waals surface area contributed by atoms with Gasteiger partial charge in [-0.1, -0.05) is 35.6 Å². The Morgan fingerprint density at radius 3 is 2.67 bits per heavy atom. The monoisotopic (exact) mass is 412 g/mol. The van der Waals surface area contributed by atoms with Crippen LogP contribution in [0.25, 0.3) is 6.08 Å². The Morgan fingerprint density at radius 2 is 1.90 bits per heavy atom. The van der Waals surface area contributed by atoms with Gasteiger partial charge >= 0.3 is 0 Å². The van der Waals surface area contributed by atoms with Crippen molar-refractivity contribution in [2.24, 2.45) is 11.8 Å². The smallest absolute Gasteiger partial charge is 0.126 e. The summed E-state index contributed by atoms with van der Waals surface area (Å²) in [6.07, 6.45) is 8.73. The number of ether oxygens (including phenoxy) is 3. The van der Waals surface area contributed by atoms with Gasteiger partial charge in [0.25, 0.3) is 0 Å². The highest BCUT2D eigenvalue weighted by atomic mass is 16.5. The normalized spacial score (nSPS) is 26.9. The molecule has 0 N–H and O–H groups in total. The number of methoxy groups -OCH3 is 3. The first-order valence-electron chi connectivity index (χ1n) is 10.7. The molecule has 1 saturated heterocycles. The van der Waals surface area contributed by atoms with E-state index < -0.39 is 0 Å². The first-order chi connectivity index (χ1) is 14.7. The van der Waals surface area contributed by atoms with Crippen molar-refractivity contribution in [3.63, 3.8) is 0 Å². The first-order valence-corrected chi connectivity index (χ1v) is 10.7. The minimum atomic E-state index is 0.174. The molecule has 0 unspecified atom stereocenters. The molecule has 7 nitrogen and oxygen atoms in total. The van der Waals surface area contributed by atoms with Gasteiger partial charge in [0.05, 0.1) is 32.1 Å². The maximum absolute atomic E-state index is 5.87. The highest BCUT2D eigenvalue weighted by Crippen LogP contribution is 2.42. The number of aromatic nitrogens is 3. The van der Waals surface area contributed by atoms with E-state index in [-0.39, 0.29) is 12.1 Å². The molecule has 7 heteroatoms. The molecular weight excluding hydrogens is 380 g/mol. The molecule has 2 fully saturated rings. The molecule has 1 aromatic carbocycles. The second-order valence-corrected chi connectivity index (χ2v) is 8.32. The van der Waals surface area contributed by atoms with Crippen LogP contribution in [0.3, 0.4) is 0 Å². The third-order valence-electron chi connectivity index (χ3n) is 6.45. The lowest BCUT2D eigenvalue weighted by Gasteiger charge is -2.37. The Kier molecular flexibility index (Phi) is 6.82. The minimum absolute atomic E-state index is 0.174. The van der Waals surface area contributed by atoms with Crippen molar-refractivity contribution >= 4 is 6.08 Å². The fraction of sp³-hybridized carbons (Fsp3) is 0.565. The molecule has 162 valence electrons. The number of rotatable bonds is 8. The topological polar surface area (TPSA) is 61.6 Å². The molecule has 2 aliphatic rings. The van der Waals surface area contributed by atoms with Gasteiger partial charge in [0.2, 0.25) is 0 Å². The number of para-hydroxylation sites is 1. The highest BCUT2D eigenvalue weighted by molar-refractivity contribution is 5.57. The number of fused-ring (bicyclic) bond motifs is 1. The molecule has 1 aliphatic carbocycles. The van der Waals surface area contributed by atoms with Gasteiger partial charge in [0, 0.05) is 39.4 Å². The summed E-state index contributed by atoms with van der Waals surface area (Å²) < 4.78 is 18.5. The molecule has 1 aromatic heterocycles. The molecule has 4 rings (SSSR count). The van der Waals surface area contributed by atoms with Crippen LogP contribution in [-0.4, -0.2) is 67.0 Å². The summed E-state index contributed by atoms with van der Waals surface area (Å²) >= 11 is 0. The molecule has 2 heterocycles. The largest absolute Gasteiger partial charge is 0.496 e. The summed E-state index contributed by atoms with van der Waals surface area (Å²) in [5, 5.41) is 8.60. The van der Waals surface area contributed by atoms with Gasteiger partial charge in [-0.25, -0.2) is 4.68 Å². The second kappa shape index (κ2) is 9.73. The molecule has 4 atom stereocenters. The maximum Gasteiger partial charge on any atom is 0.126 e. The molecule has 30 heavy (non-hydrogen) atoms. The highest BCUT2D eigenvalue weighted by Gasteiger charge is 2.43. The van der Waals surface area contributed by atoms with Gasteiger partial charge in [0.1, 0.15) is 11.4 Å².